The summed E-state index contributed by atoms with van der Waals surface area (Å²) >= 11 is 3.37. The van der Waals surface area contributed by atoms with E-state index in [1.165, 1.54) is 11.3 Å². The van der Waals surface area contributed by atoms with E-state index in [0.717, 1.165) is 37.0 Å². The third-order valence-corrected chi connectivity index (χ3v) is 4.87. The zero-order chi connectivity index (χ0) is 17.5. The highest BCUT2D eigenvalue weighted by atomic mass is 79.9. The van der Waals surface area contributed by atoms with Gasteiger partial charge in [0, 0.05) is 36.2 Å². The highest BCUT2D eigenvalue weighted by Crippen LogP contribution is 2.26. The number of benzene rings is 2. The second kappa shape index (κ2) is 8.90. The van der Waals surface area contributed by atoms with Crippen molar-refractivity contribution < 1.29 is 9.53 Å². The van der Waals surface area contributed by atoms with Crippen molar-refractivity contribution >= 4 is 27.5 Å². The molecule has 2 aromatic carbocycles. The summed E-state index contributed by atoms with van der Waals surface area (Å²) in [7, 11) is 0. The molecule has 0 bridgehead atoms. The highest BCUT2D eigenvalue weighted by molar-refractivity contribution is 9.09. The van der Waals surface area contributed by atoms with Crippen molar-refractivity contribution in [2.45, 2.75) is 12.8 Å². The number of amides is 1. The first-order valence-corrected chi connectivity index (χ1v) is 9.80. The van der Waals surface area contributed by atoms with Crippen molar-refractivity contribution in [3.8, 4) is 5.75 Å². The molecule has 1 N–H and O–H groups in total. The molecule has 0 radical (unpaired) electrons. The van der Waals surface area contributed by atoms with Gasteiger partial charge in [0.05, 0.1) is 6.61 Å². The van der Waals surface area contributed by atoms with Crippen LogP contribution >= 0.6 is 15.9 Å². The molecule has 1 aliphatic heterocycles. The maximum absolute atomic E-state index is 12.3. The number of anilines is 1. The van der Waals surface area contributed by atoms with Crippen LogP contribution in [0.25, 0.3) is 0 Å². The number of halogens is 1. The number of nitrogens with one attached hydrogen (secondary N) is 1. The number of carbonyl (C=O) groups excluding carboxylic acids is 1. The zero-order valence-electron chi connectivity index (χ0n) is 14.2. The minimum atomic E-state index is -0.0421. The quantitative estimate of drug-likeness (QED) is 0.541. The van der Waals surface area contributed by atoms with Gasteiger partial charge in [-0.2, -0.15) is 0 Å². The Hall–Kier alpha value is -2.01. The molecule has 0 aromatic heterocycles. The number of hydrogen-bond acceptors (Lipinski definition) is 3. The molecule has 25 heavy (non-hydrogen) atoms. The van der Waals surface area contributed by atoms with Crippen molar-refractivity contribution in [2.75, 3.05) is 36.5 Å². The average molecular weight is 403 g/mol. The van der Waals surface area contributed by atoms with Gasteiger partial charge < -0.3 is 15.0 Å². The lowest BCUT2D eigenvalue weighted by Gasteiger charge is -2.19. The Morgan fingerprint density at radius 3 is 2.76 bits per heavy atom. The Labute approximate surface area is 157 Å². The second-order valence-electron chi connectivity index (χ2n) is 6.04. The smallest absolute Gasteiger partial charge is 0.251 e. The fraction of sp³-hybridized carbons (Fsp3) is 0.350. The first-order valence-electron chi connectivity index (χ1n) is 8.68. The van der Waals surface area contributed by atoms with E-state index in [-0.39, 0.29) is 5.91 Å². The first kappa shape index (κ1) is 17.8. The molecule has 1 aliphatic rings. The topological polar surface area (TPSA) is 41.6 Å². The fourth-order valence-corrected chi connectivity index (χ4v) is 3.22. The molecular weight excluding hydrogens is 380 g/mol. The van der Waals surface area contributed by atoms with Crippen LogP contribution in [0.15, 0.2) is 48.5 Å². The molecule has 0 fully saturated rings. The SMILES string of the molecule is O=C(NCCN1CCc2ccccc21)c1ccc(OCCCBr)cc1. The minimum absolute atomic E-state index is 0.0421. The fourth-order valence-electron chi connectivity index (χ4n) is 2.99. The van der Waals surface area contributed by atoms with Crippen molar-refractivity contribution in [2.24, 2.45) is 0 Å². The molecule has 1 amide bonds. The number of rotatable bonds is 8. The van der Waals surface area contributed by atoms with Gasteiger partial charge in [-0.1, -0.05) is 34.1 Å². The standard InChI is InChI=1S/C20H23BrN2O2/c21-11-3-15-25-18-8-6-17(7-9-18)20(24)22-12-14-23-13-10-16-4-1-2-5-19(16)23/h1-2,4-9H,3,10-15H2,(H,22,24). The third-order valence-electron chi connectivity index (χ3n) is 4.31. The summed E-state index contributed by atoms with van der Waals surface area (Å²) in [6.45, 7) is 3.16. The lowest BCUT2D eigenvalue weighted by Crippen LogP contribution is -2.34. The summed E-state index contributed by atoms with van der Waals surface area (Å²) < 4.78 is 5.59. The number of hydrogen-bond donors (Lipinski definition) is 1. The number of alkyl halides is 1. The minimum Gasteiger partial charge on any atom is -0.494 e. The second-order valence-corrected chi connectivity index (χ2v) is 6.83. The molecule has 3 rings (SSSR count). The van der Waals surface area contributed by atoms with Crippen molar-refractivity contribution in [3.05, 3.63) is 59.7 Å². The van der Waals surface area contributed by atoms with Gasteiger partial charge in [0.25, 0.3) is 5.91 Å². The van der Waals surface area contributed by atoms with Gasteiger partial charge in [-0.05, 0) is 48.7 Å². The van der Waals surface area contributed by atoms with E-state index in [1.54, 1.807) is 0 Å². The van der Waals surface area contributed by atoms with Crippen LogP contribution in [0, 0.1) is 0 Å². The number of para-hydroxylation sites is 1. The highest BCUT2D eigenvalue weighted by Gasteiger charge is 2.17. The van der Waals surface area contributed by atoms with E-state index in [4.69, 9.17) is 4.74 Å². The molecule has 5 heteroatoms. The van der Waals surface area contributed by atoms with Gasteiger partial charge in [-0.15, -0.1) is 0 Å². The van der Waals surface area contributed by atoms with Crippen molar-refractivity contribution in [1.82, 2.24) is 5.32 Å². The van der Waals surface area contributed by atoms with E-state index in [1.807, 2.05) is 24.3 Å². The van der Waals surface area contributed by atoms with E-state index < -0.39 is 0 Å². The Balaban J connectivity index is 1.45. The average Bonchev–Trinajstić information content (AvgIpc) is 3.06. The molecule has 2 aromatic rings. The zero-order valence-corrected chi connectivity index (χ0v) is 15.8. The summed E-state index contributed by atoms with van der Waals surface area (Å²) in [5, 5.41) is 3.93. The van der Waals surface area contributed by atoms with Crippen LogP contribution in [0.2, 0.25) is 0 Å². The van der Waals surface area contributed by atoms with Crippen LogP contribution in [0.3, 0.4) is 0 Å². The lowest BCUT2D eigenvalue weighted by molar-refractivity contribution is 0.0954. The summed E-state index contributed by atoms with van der Waals surface area (Å²) in [5.41, 5.74) is 3.35. The number of fused-ring (bicyclic) bond motifs is 1. The molecule has 0 unspecified atom stereocenters. The Morgan fingerprint density at radius 1 is 1.16 bits per heavy atom. The predicted molar refractivity (Wildman–Crippen MR) is 105 cm³/mol. The van der Waals surface area contributed by atoms with Gasteiger partial charge in [-0.3, -0.25) is 4.79 Å². The Kier molecular flexibility index (Phi) is 6.34. The normalized spacial score (nSPS) is 12.8. The maximum atomic E-state index is 12.3. The lowest BCUT2D eigenvalue weighted by atomic mass is 10.2. The van der Waals surface area contributed by atoms with Crippen LogP contribution in [0.4, 0.5) is 5.69 Å². The molecular formula is C20H23BrN2O2. The number of carbonyl (C=O) groups is 1. The largest absolute Gasteiger partial charge is 0.494 e. The molecule has 132 valence electrons. The molecule has 1 heterocycles. The summed E-state index contributed by atoms with van der Waals surface area (Å²) in [4.78, 5) is 14.6. The van der Waals surface area contributed by atoms with Crippen LogP contribution in [0.1, 0.15) is 22.3 Å². The van der Waals surface area contributed by atoms with Gasteiger partial charge in [0.1, 0.15) is 5.75 Å². The van der Waals surface area contributed by atoms with Crippen LogP contribution in [-0.4, -0.2) is 37.5 Å². The maximum Gasteiger partial charge on any atom is 0.251 e. The van der Waals surface area contributed by atoms with Crippen molar-refractivity contribution in [3.63, 3.8) is 0 Å². The molecule has 0 spiro atoms. The summed E-state index contributed by atoms with van der Waals surface area (Å²) in [6, 6.07) is 15.8. The first-order chi connectivity index (χ1) is 12.3. The summed E-state index contributed by atoms with van der Waals surface area (Å²) in [6.07, 6.45) is 2.04. The van der Waals surface area contributed by atoms with E-state index >= 15 is 0 Å². The predicted octanol–water partition coefficient (Wildman–Crippen LogP) is 3.64. The number of ether oxygens (including phenoxy) is 1. The van der Waals surface area contributed by atoms with Gasteiger partial charge in [0.2, 0.25) is 0 Å². The molecule has 0 atom stereocenters. The van der Waals surface area contributed by atoms with Crippen molar-refractivity contribution in [1.29, 1.82) is 0 Å². The monoisotopic (exact) mass is 402 g/mol. The van der Waals surface area contributed by atoms with Gasteiger partial charge >= 0.3 is 0 Å². The van der Waals surface area contributed by atoms with Crippen LogP contribution < -0.4 is 15.0 Å². The summed E-state index contributed by atoms with van der Waals surface area (Å²) in [5.74, 6) is 0.755. The van der Waals surface area contributed by atoms with Gasteiger partial charge in [0.15, 0.2) is 0 Å². The van der Waals surface area contributed by atoms with E-state index in [2.05, 4.69) is 50.4 Å². The Morgan fingerprint density at radius 2 is 1.96 bits per heavy atom. The molecule has 4 nitrogen and oxygen atoms in total. The number of nitrogens with zero attached hydrogens (tertiary/aromatic N) is 1. The molecule has 0 aliphatic carbocycles. The van der Waals surface area contributed by atoms with E-state index in [9.17, 15) is 4.79 Å². The third kappa shape index (κ3) is 4.75. The van der Waals surface area contributed by atoms with Crippen LogP contribution in [0.5, 0.6) is 5.75 Å². The molecule has 0 saturated carbocycles. The van der Waals surface area contributed by atoms with E-state index in [0.29, 0.717) is 18.7 Å². The van der Waals surface area contributed by atoms with Gasteiger partial charge in [-0.25, -0.2) is 0 Å². The molecule has 0 saturated heterocycles. The van der Waals surface area contributed by atoms with Crippen LogP contribution in [-0.2, 0) is 6.42 Å². The Bertz CT molecular complexity index is 703.